The Kier molecular flexibility index (Phi) is 7.78. The van der Waals surface area contributed by atoms with Crippen molar-refractivity contribution in [2.45, 2.75) is 18.9 Å². The van der Waals surface area contributed by atoms with Crippen LogP contribution < -0.4 is 26.2 Å². The van der Waals surface area contributed by atoms with E-state index < -0.39 is 17.3 Å². The number of carbonyl (C=O) groups is 2. The van der Waals surface area contributed by atoms with Gasteiger partial charge in [0.2, 0.25) is 5.95 Å². The number of hydrogen-bond acceptors (Lipinski definition) is 9. The Balaban J connectivity index is 1.16. The summed E-state index contributed by atoms with van der Waals surface area (Å²) in [6.45, 7) is 1.71. The van der Waals surface area contributed by atoms with E-state index in [9.17, 15) is 18.8 Å². The molecule has 5 aromatic rings. The average Bonchev–Trinajstić information content (AvgIpc) is 3.03. The first-order valence-corrected chi connectivity index (χ1v) is 13.5. The summed E-state index contributed by atoms with van der Waals surface area (Å²) in [5.74, 6) is -0.789. The monoisotopic (exact) mass is 580 g/mol. The molecule has 0 radical (unpaired) electrons. The fraction of sp³-hybridized carbons (Fsp3) is 0.167. The molecule has 43 heavy (non-hydrogen) atoms. The van der Waals surface area contributed by atoms with Crippen LogP contribution in [0.5, 0.6) is 11.5 Å². The summed E-state index contributed by atoms with van der Waals surface area (Å²) in [6, 6.07) is 11.6. The Hall–Kier alpha value is -5.56. The van der Waals surface area contributed by atoms with Gasteiger partial charge in [-0.2, -0.15) is 0 Å². The zero-order chi connectivity index (χ0) is 29.8. The summed E-state index contributed by atoms with van der Waals surface area (Å²) >= 11 is 0. The molecule has 5 heterocycles. The van der Waals surface area contributed by atoms with Crippen molar-refractivity contribution in [3.8, 4) is 17.2 Å². The van der Waals surface area contributed by atoms with Gasteiger partial charge in [0.05, 0.1) is 24.1 Å². The highest BCUT2D eigenvalue weighted by molar-refractivity contribution is 6.03. The zero-order valence-electron chi connectivity index (χ0n) is 22.7. The molecular formula is C30H25FN8O4. The number of pyridine rings is 3. The molecule has 1 saturated heterocycles. The van der Waals surface area contributed by atoms with Gasteiger partial charge in [0.25, 0.3) is 17.4 Å². The number of amides is 2. The Morgan fingerprint density at radius 3 is 2.49 bits per heavy atom. The van der Waals surface area contributed by atoms with Crippen LogP contribution in [0.3, 0.4) is 0 Å². The largest absolute Gasteiger partial charge is 0.453 e. The molecule has 6 rings (SSSR count). The minimum Gasteiger partial charge on any atom is -0.453 e. The molecule has 1 aliphatic rings. The smallest absolute Gasteiger partial charge is 0.270 e. The molecule has 1 fully saturated rings. The van der Waals surface area contributed by atoms with Gasteiger partial charge in [0, 0.05) is 29.5 Å². The number of rotatable bonds is 7. The topological polar surface area (TPSA) is 153 Å². The van der Waals surface area contributed by atoms with Crippen LogP contribution in [-0.2, 0) is 0 Å². The first-order valence-electron chi connectivity index (χ1n) is 13.5. The van der Waals surface area contributed by atoms with E-state index in [2.05, 4.69) is 35.9 Å². The minimum absolute atomic E-state index is 0.0467. The highest BCUT2D eigenvalue weighted by Crippen LogP contribution is 2.28. The predicted octanol–water partition coefficient (Wildman–Crippen LogP) is 3.24. The van der Waals surface area contributed by atoms with Crippen LogP contribution in [0, 0.1) is 5.82 Å². The van der Waals surface area contributed by atoms with Gasteiger partial charge < -0.3 is 15.4 Å². The van der Waals surface area contributed by atoms with Gasteiger partial charge in [-0.15, -0.1) is 0 Å². The molecular weight excluding hydrogens is 555 g/mol. The van der Waals surface area contributed by atoms with Gasteiger partial charge in [-0.1, -0.05) is 0 Å². The van der Waals surface area contributed by atoms with Crippen LogP contribution >= 0.6 is 0 Å². The summed E-state index contributed by atoms with van der Waals surface area (Å²) in [4.78, 5) is 55.5. The number of hydrogen-bond donors (Lipinski definition) is 3. The number of fused-ring (bicyclic) bond motifs is 1. The van der Waals surface area contributed by atoms with Crippen molar-refractivity contribution in [1.29, 1.82) is 0 Å². The lowest BCUT2D eigenvalue weighted by Crippen LogP contribution is -2.42. The van der Waals surface area contributed by atoms with E-state index in [1.54, 1.807) is 18.3 Å². The van der Waals surface area contributed by atoms with E-state index in [4.69, 9.17) is 4.74 Å². The van der Waals surface area contributed by atoms with Crippen LogP contribution in [0.2, 0.25) is 0 Å². The quantitative estimate of drug-likeness (QED) is 0.263. The molecule has 0 spiro atoms. The van der Waals surface area contributed by atoms with Crippen molar-refractivity contribution in [1.82, 2.24) is 35.1 Å². The first kappa shape index (κ1) is 27.6. The van der Waals surface area contributed by atoms with Crippen LogP contribution in [0.15, 0.2) is 84.3 Å². The number of ether oxygens (including phenoxy) is 1. The van der Waals surface area contributed by atoms with Crippen molar-refractivity contribution in [3.05, 3.63) is 107 Å². The average molecular weight is 581 g/mol. The van der Waals surface area contributed by atoms with Crippen molar-refractivity contribution in [3.63, 3.8) is 0 Å². The zero-order valence-corrected chi connectivity index (χ0v) is 22.7. The fourth-order valence-electron chi connectivity index (χ4n) is 4.66. The van der Waals surface area contributed by atoms with E-state index >= 15 is 0 Å². The molecule has 2 amide bonds. The molecule has 4 aromatic heterocycles. The summed E-state index contributed by atoms with van der Waals surface area (Å²) < 4.78 is 20.5. The molecule has 3 N–H and O–H groups in total. The molecule has 216 valence electrons. The third-order valence-corrected chi connectivity index (χ3v) is 6.87. The molecule has 0 atom stereocenters. The molecule has 13 heteroatoms. The maximum Gasteiger partial charge on any atom is 0.270 e. The maximum absolute atomic E-state index is 13.3. The van der Waals surface area contributed by atoms with Crippen LogP contribution in [0.4, 0.5) is 10.3 Å². The molecule has 1 aromatic carbocycles. The lowest BCUT2D eigenvalue weighted by Gasteiger charge is -2.23. The number of halogens is 1. The van der Waals surface area contributed by atoms with Gasteiger partial charge in [-0.3, -0.25) is 29.3 Å². The van der Waals surface area contributed by atoms with Gasteiger partial charge in [0.1, 0.15) is 22.8 Å². The van der Waals surface area contributed by atoms with Crippen LogP contribution in [-0.4, -0.2) is 55.4 Å². The number of carbonyl (C=O) groups excluding carboxylic acids is 2. The van der Waals surface area contributed by atoms with Gasteiger partial charge in [0.15, 0.2) is 5.75 Å². The second kappa shape index (κ2) is 12.1. The van der Waals surface area contributed by atoms with E-state index in [0.29, 0.717) is 22.3 Å². The molecule has 1 aliphatic heterocycles. The first-order chi connectivity index (χ1) is 20.9. The van der Waals surface area contributed by atoms with Crippen molar-refractivity contribution < 1.29 is 18.7 Å². The van der Waals surface area contributed by atoms with Crippen LogP contribution in [0.1, 0.15) is 33.7 Å². The Labute approximate surface area is 244 Å². The summed E-state index contributed by atoms with van der Waals surface area (Å²) in [5, 5.41) is 9.38. The summed E-state index contributed by atoms with van der Waals surface area (Å²) in [6.07, 6.45) is 8.99. The number of benzene rings is 1. The second-order valence-electron chi connectivity index (χ2n) is 9.77. The highest BCUT2D eigenvalue weighted by Gasteiger charge is 2.19. The van der Waals surface area contributed by atoms with E-state index in [1.807, 2.05) is 0 Å². The summed E-state index contributed by atoms with van der Waals surface area (Å²) in [5.41, 5.74) is 0.460. The van der Waals surface area contributed by atoms with E-state index in [-0.39, 0.29) is 34.9 Å². The fourth-order valence-corrected chi connectivity index (χ4v) is 4.66. The van der Waals surface area contributed by atoms with Crippen molar-refractivity contribution in [2.75, 3.05) is 18.4 Å². The van der Waals surface area contributed by atoms with E-state index in [1.165, 1.54) is 65.8 Å². The predicted molar refractivity (Wildman–Crippen MR) is 155 cm³/mol. The lowest BCUT2D eigenvalue weighted by molar-refractivity contribution is 0.0924. The lowest BCUT2D eigenvalue weighted by atomic mass is 10.1. The molecule has 0 aliphatic carbocycles. The molecule has 0 saturated carbocycles. The normalized spacial score (nSPS) is 13.4. The van der Waals surface area contributed by atoms with Crippen molar-refractivity contribution >= 4 is 28.7 Å². The minimum atomic E-state index is -0.710. The van der Waals surface area contributed by atoms with Crippen molar-refractivity contribution in [2.24, 2.45) is 0 Å². The molecule has 0 bridgehead atoms. The van der Waals surface area contributed by atoms with E-state index in [0.717, 1.165) is 25.9 Å². The number of nitrogens with one attached hydrogen (secondary N) is 3. The molecule has 12 nitrogen and oxygen atoms in total. The summed E-state index contributed by atoms with van der Waals surface area (Å²) in [7, 11) is 0. The third kappa shape index (κ3) is 6.21. The number of piperidine rings is 1. The van der Waals surface area contributed by atoms with Crippen LogP contribution in [0.25, 0.3) is 16.6 Å². The maximum atomic E-state index is 13.3. The van der Waals surface area contributed by atoms with Gasteiger partial charge in [-0.25, -0.2) is 19.3 Å². The SMILES string of the molecule is O=C(NC1CCNCC1)c1cc2c(Oc3cnc(NC(=O)c4cccn(-c5ccc(F)cc5)c4=O)nc3)ccnc2cn1. The number of aromatic nitrogens is 5. The Morgan fingerprint density at radius 2 is 1.72 bits per heavy atom. The number of anilines is 1. The third-order valence-electron chi connectivity index (χ3n) is 6.87. The number of nitrogens with zero attached hydrogens (tertiary/aromatic N) is 5. The Morgan fingerprint density at radius 1 is 0.953 bits per heavy atom. The Bertz CT molecular complexity index is 1860. The second-order valence-corrected chi connectivity index (χ2v) is 9.77. The van der Waals surface area contributed by atoms with Gasteiger partial charge in [-0.05, 0) is 74.5 Å². The van der Waals surface area contributed by atoms with Gasteiger partial charge >= 0.3 is 0 Å². The molecule has 0 unspecified atom stereocenters. The standard InChI is InChI=1S/C30H25FN8O4/c31-18-3-5-20(6-4-18)39-13-1-2-22(29(39)42)27(40)38-30-35-15-21(16-36-30)43-26-9-12-33-25-17-34-24(14-23(25)26)28(41)37-19-7-10-32-11-8-19/h1-6,9,12-17,19,32H,7-8,10-11H2,(H,37,41)(H,35,36,38,40). The highest BCUT2D eigenvalue weighted by atomic mass is 19.1.